The first-order valence-corrected chi connectivity index (χ1v) is 5.79. The Kier molecular flexibility index (Phi) is 1.80. The third-order valence-corrected chi connectivity index (χ3v) is 3.03. The predicted molar refractivity (Wildman–Crippen MR) is 71.2 cm³/mol. The lowest BCUT2D eigenvalue weighted by Crippen LogP contribution is -1.78. The molecule has 0 saturated heterocycles. The summed E-state index contributed by atoms with van der Waals surface area (Å²) >= 11 is 0. The highest BCUT2D eigenvalue weighted by molar-refractivity contribution is 5.84. The number of hydrogen-bond donors (Lipinski definition) is 2. The van der Waals surface area contributed by atoms with Crippen LogP contribution in [0.25, 0.3) is 33.6 Å². The molecule has 0 atom stereocenters. The first-order valence-electron chi connectivity index (χ1n) is 5.79. The second kappa shape index (κ2) is 3.43. The first-order chi connectivity index (χ1) is 8.90. The van der Waals surface area contributed by atoms with Crippen molar-refractivity contribution in [2.24, 2.45) is 0 Å². The van der Waals surface area contributed by atoms with Gasteiger partial charge in [0.05, 0.1) is 27.8 Å². The van der Waals surface area contributed by atoms with Gasteiger partial charge in [0.15, 0.2) is 5.82 Å². The van der Waals surface area contributed by atoms with Crippen LogP contribution < -0.4 is 0 Å². The van der Waals surface area contributed by atoms with E-state index in [0.717, 1.165) is 33.6 Å². The number of nitrogens with zero attached hydrogens (tertiary/aromatic N) is 2. The van der Waals surface area contributed by atoms with Gasteiger partial charge in [-0.05, 0) is 30.3 Å². The zero-order valence-electron chi connectivity index (χ0n) is 9.51. The van der Waals surface area contributed by atoms with Gasteiger partial charge in [-0.2, -0.15) is 0 Å². The SMILES string of the molecule is c1ccc2[nH]c(-c3cc4ncccc4[nH]3)nc2c1. The Bertz CT molecular complexity index is 703. The lowest BCUT2D eigenvalue weighted by Gasteiger charge is -1.88. The van der Waals surface area contributed by atoms with E-state index in [1.807, 2.05) is 42.5 Å². The van der Waals surface area contributed by atoms with Crippen molar-refractivity contribution in [1.82, 2.24) is 19.9 Å². The quantitative estimate of drug-likeness (QED) is 0.531. The average molecular weight is 234 g/mol. The number of nitrogens with one attached hydrogen (secondary N) is 2. The van der Waals surface area contributed by atoms with Crippen LogP contribution in [0.15, 0.2) is 48.7 Å². The number of rotatable bonds is 1. The van der Waals surface area contributed by atoms with Gasteiger partial charge in [0.25, 0.3) is 0 Å². The maximum absolute atomic E-state index is 4.56. The van der Waals surface area contributed by atoms with E-state index in [-0.39, 0.29) is 0 Å². The van der Waals surface area contributed by atoms with Crippen LogP contribution in [0.1, 0.15) is 0 Å². The molecule has 0 radical (unpaired) electrons. The van der Waals surface area contributed by atoms with Crippen LogP contribution in [-0.4, -0.2) is 19.9 Å². The third kappa shape index (κ3) is 1.32. The second-order valence-electron chi connectivity index (χ2n) is 4.22. The minimum absolute atomic E-state index is 0.842. The monoisotopic (exact) mass is 234 g/mol. The van der Waals surface area contributed by atoms with E-state index < -0.39 is 0 Å². The molecule has 0 spiro atoms. The maximum Gasteiger partial charge on any atom is 0.155 e. The molecule has 0 unspecified atom stereocenters. The summed E-state index contributed by atoms with van der Waals surface area (Å²) in [5.74, 6) is 0.842. The fourth-order valence-corrected chi connectivity index (χ4v) is 2.16. The van der Waals surface area contributed by atoms with E-state index in [0.29, 0.717) is 0 Å². The van der Waals surface area contributed by atoms with Gasteiger partial charge >= 0.3 is 0 Å². The van der Waals surface area contributed by atoms with Gasteiger partial charge in [-0.15, -0.1) is 0 Å². The molecule has 0 aliphatic carbocycles. The standard InChI is InChI=1S/C14H10N4/c1-2-5-10-9(4-1)17-14(18-10)13-8-12-11(16-13)6-3-7-15-12/h1-8,16H,(H,17,18). The number of imidazole rings is 1. The minimum atomic E-state index is 0.842. The lowest BCUT2D eigenvalue weighted by molar-refractivity contribution is 1.29. The number of para-hydroxylation sites is 2. The number of hydrogen-bond acceptors (Lipinski definition) is 2. The first kappa shape index (κ1) is 9.41. The highest BCUT2D eigenvalue weighted by atomic mass is 15.0. The number of fused-ring (bicyclic) bond motifs is 2. The lowest BCUT2D eigenvalue weighted by atomic mass is 10.3. The van der Waals surface area contributed by atoms with Gasteiger partial charge in [-0.25, -0.2) is 4.98 Å². The van der Waals surface area contributed by atoms with Crippen molar-refractivity contribution < 1.29 is 0 Å². The molecule has 4 heteroatoms. The van der Waals surface area contributed by atoms with Gasteiger partial charge < -0.3 is 9.97 Å². The Labute approximate surface area is 103 Å². The third-order valence-electron chi connectivity index (χ3n) is 3.03. The second-order valence-corrected chi connectivity index (χ2v) is 4.22. The van der Waals surface area contributed by atoms with Crippen LogP contribution in [0.2, 0.25) is 0 Å². The van der Waals surface area contributed by atoms with Crippen molar-refractivity contribution in [1.29, 1.82) is 0 Å². The van der Waals surface area contributed by atoms with E-state index in [4.69, 9.17) is 0 Å². The number of H-pyrrole nitrogens is 2. The van der Waals surface area contributed by atoms with Gasteiger partial charge in [0.1, 0.15) is 0 Å². The Morgan fingerprint density at radius 2 is 1.67 bits per heavy atom. The van der Waals surface area contributed by atoms with Crippen LogP contribution in [0.4, 0.5) is 0 Å². The summed E-state index contributed by atoms with van der Waals surface area (Å²) < 4.78 is 0. The normalized spacial score (nSPS) is 11.3. The molecule has 86 valence electrons. The zero-order valence-corrected chi connectivity index (χ0v) is 9.51. The van der Waals surface area contributed by atoms with Crippen LogP contribution in [0, 0.1) is 0 Å². The van der Waals surface area contributed by atoms with Crippen molar-refractivity contribution >= 4 is 22.1 Å². The highest BCUT2D eigenvalue weighted by Crippen LogP contribution is 2.22. The fraction of sp³-hybridized carbons (Fsp3) is 0. The van der Waals surface area contributed by atoms with E-state index in [1.165, 1.54) is 0 Å². The zero-order chi connectivity index (χ0) is 11.9. The molecule has 0 amide bonds. The Balaban J connectivity index is 1.95. The number of aromatic nitrogens is 4. The average Bonchev–Trinajstić information content (AvgIpc) is 3.02. The molecule has 3 heterocycles. The minimum Gasteiger partial charge on any atom is -0.351 e. The smallest absolute Gasteiger partial charge is 0.155 e. The summed E-state index contributed by atoms with van der Waals surface area (Å²) in [5, 5.41) is 0. The number of aromatic amines is 2. The van der Waals surface area contributed by atoms with Gasteiger partial charge in [-0.1, -0.05) is 12.1 Å². The molecule has 0 fully saturated rings. The number of pyridine rings is 1. The van der Waals surface area contributed by atoms with E-state index >= 15 is 0 Å². The highest BCUT2D eigenvalue weighted by Gasteiger charge is 2.08. The van der Waals surface area contributed by atoms with Crippen molar-refractivity contribution in [3.63, 3.8) is 0 Å². The summed E-state index contributed by atoms with van der Waals surface area (Å²) in [5.41, 5.74) is 4.94. The summed E-state index contributed by atoms with van der Waals surface area (Å²) in [6.07, 6.45) is 1.79. The summed E-state index contributed by atoms with van der Waals surface area (Å²) in [6.45, 7) is 0. The van der Waals surface area contributed by atoms with Crippen molar-refractivity contribution in [3.05, 3.63) is 48.7 Å². The molecule has 4 rings (SSSR count). The van der Waals surface area contributed by atoms with E-state index in [9.17, 15) is 0 Å². The fourth-order valence-electron chi connectivity index (χ4n) is 2.16. The molecule has 4 aromatic rings. The van der Waals surface area contributed by atoms with Crippen molar-refractivity contribution in [2.75, 3.05) is 0 Å². The molecule has 1 aromatic carbocycles. The van der Waals surface area contributed by atoms with Crippen LogP contribution in [0.3, 0.4) is 0 Å². The van der Waals surface area contributed by atoms with E-state index in [1.54, 1.807) is 6.20 Å². The van der Waals surface area contributed by atoms with Crippen LogP contribution >= 0.6 is 0 Å². The van der Waals surface area contributed by atoms with Crippen LogP contribution in [0.5, 0.6) is 0 Å². The molecule has 3 aromatic heterocycles. The maximum atomic E-state index is 4.56. The Morgan fingerprint density at radius 1 is 0.833 bits per heavy atom. The molecule has 4 nitrogen and oxygen atoms in total. The molecular weight excluding hydrogens is 224 g/mol. The van der Waals surface area contributed by atoms with Crippen LogP contribution in [-0.2, 0) is 0 Å². The summed E-state index contributed by atoms with van der Waals surface area (Å²) in [7, 11) is 0. The predicted octanol–water partition coefficient (Wildman–Crippen LogP) is 3.11. The van der Waals surface area contributed by atoms with Gasteiger partial charge in [0.2, 0.25) is 0 Å². The molecular formula is C14H10N4. The number of benzene rings is 1. The molecule has 18 heavy (non-hydrogen) atoms. The summed E-state index contributed by atoms with van der Waals surface area (Å²) in [6, 6.07) is 13.9. The van der Waals surface area contributed by atoms with E-state index in [2.05, 4.69) is 19.9 Å². The Hall–Kier alpha value is -2.62. The molecule has 0 saturated carbocycles. The Morgan fingerprint density at radius 3 is 2.56 bits per heavy atom. The van der Waals surface area contributed by atoms with Crippen molar-refractivity contribution in [2.45, 2.75) is 0 Å². The van der Waals surface area contributed by atoms with Gasteiger partial charge in [-0.3, -0.25) is 4.98 Å². The largest absolute Gasteiger partial charge is 0.351 e. The summed E-state index contributed by atoms with van der Waals surface area (Å²) in [4.78, 5) is 15.5. The topological polar surface area (TPSA) is 57.4 Å². The van der Waals surface area contributed by atoms with Gasteiger partial charge in [0, 0.05) is 6.20 Å². The molecule has 0 aliphatic heterocycles. The molecule has 0 aliphatic rings. The van der Waals surface area contributed by atoms with Crippen molar-refractivity contribution in [3.8, 4) is 11.5 Å². The molecule has 0 bridgehead atoms. The molecule has 2 N–H and O–H groups in total.